The van der Waals surface area contributed by atoms with E-state index in [-0.39, 0.29) is 120 Å². The van der Waals surface area contributed by atoms with Gasteiger partial charge in [0.15, 0.2) is 17.4 Å². The SMILES string of the molecule is O.O.O=C(O)O.O=S(=O)(O)O.[AlH3].[Ca+2].[H-].[H-].[H-].[H-].[Li+].[Na+]. The van der Waals surface area contributed by atoms with E-state index in [0.717, 1.165) is 0 Å². The molecule has 8 N–H and O–H groups in total. The molecule has 0 radical (unpaired) electrons. The van der Waals surface area contributed by atoms with Crippen LogP contribution in [0.1, 0.15) is 5.71 Å². The van der Waals surface area contributed by atoms with Gasteiger partial charge < -0.3 is 26.9 Å². The maximum Gasteiger partial charge on any atom is 2.00 e. The Balaban J connectivity index is -0.00000000340. The number of carboxylic acid groups (broad SMARTS) is 2. The van der Waals surface area contributed by atoms with E-state index >= 15 is 0 Å². The molecule has 0 aliphatic heterocycles. The molecule has 15 heavy (non-hydrogen) atoms. The first kappa shape index (κ1) is 52.9. The van der Waals surface area contributed by atoms with Crippen LogP contribution in [0.25, 0.3) is 0 Å². The van der Waals surface area contributed by atoms with Gasteiger partial charge in [0.1, 0.15) is 0 Å². The van der Waals surface area contributed by atoms with Crippen LogP contribution in [0.4, 0.5) is 4.79 Å². The van der Waals surface area contributed by atoms with Crippen LogP contribution in [0, 0.1) is 0 Å². The Bertz CT molecular complexity index is 187. The predicted molar refractivity (Wildman–Crippen MR) is 52.2 cm³/mol. The number of hydrogen-bond donors (Lipinski definition) is 4. The predicted octanol–water partition coefficient (Wildman–Crippen LogP) is -9.19. The summed E-state index contributed by atoms with van der Waals surface area (Å²) in [6, 6.07) is 0. The Morgan fingerprint density at radius 2 is 1.07 bits per heavy atom. The zero-order valence-corrected chi connectivity index (χ0v) is 12.7. The van der Waals surface area contributed by atoms with Gasteiger partial charge in [-0.2, -0.15) is 8.42 Å². The van der Waals surface area contributed by atoms with Gasteiger partial charge in [-0.05, 0) is 0 Å². The average Bonchev–Trinajstić information content (AvgIpc) is 1.19. The second-order valence-corrected chi connectivity index (χ2v) is 1.63. The second-order valence-electron chi connectivity index (χ2n) is 0.730. The summed E-state index contributed by atoms with van der Waals surface area (Å²) >= 11 is 0. The molecule has 0 bridgehead atoms. The van der Waals surface area contributed by atoms with Crippen LogP contribution in [-0.4, -0.2) is 99.9 Å². The number of carbonyl (C=O) groups is 1. The van der Waals surface area contributed by atoms with Crippen molar-refractivity contribution in [2.45, 2.75) is 0 Å². The summed E-state index contributed by atoms with van der Waals surface area (Å²) in [7, 11) is -4.67. The standard InChI is InChI=1S/CH2O3.Al.Ca.Li.Na.H2O4S.2H2O.7H/c2-1(3)4;;;;;1-5(2,3)4;;;;;;;;;/h(H2,2,3,4);;;;;(H2,1,2,3,4);2*1H2;;;;;;;/q;;+2;2*+1;;;;;;;4*-1. The van der Waals surface area contributed by atoms with Gasteiger partial charge in [0, 0.05) is 0 Å². The van der Waals surface area contributed by atoms with Gasteiger partial charge >= 0.3 is 103 Å². The van der Waals surface area contributed by atoms with Crippen LogP contribution in [0.2, 0.25) is 0 Å². The molecule has 0 aliphatic carbocycles. The Hall–Kier alpha value is 2.45. The molecule has 14 heteroatoms. The third-order valence-corrected chi connectivity index (χ3v) is 0. The van der Waals surface area contributed by atoms with Crippen LogP contribution in [-0.2, 0) is 10.4 Å². The molecule has 0 heterocycles. The fraction of sp³-hybridized carbons (Fsp3) is 0. The Kier molecular flexibility index (Phi) is 106. The summed E-state index contributed by atoms with van der Waals surface area (Å²) in [5, 5.41) is 13.9. The molecule has 0 aromatic rings. The Morgan fingerprint density at radius 1 is 1.07 bits per heavy atom. The van der Waals surface area contributed by atoms with Crippen LogP contribution < -0.4 is 48.4 Å². The average molecular weight is 300 g/mol. The minimum atomic E-state index is -4.67. The van der Waals surface area contributed by atoms with Crippen molar-refractivity contribution in [3.8, 4) is 0 Å². The molecular formula is CH15AlCaLiNaO9S. The van der Waals surface area contributed by atoms with Crippen LogP contribution >= 0.6 is 0 Å². The first-order chi connectivity index (χ1) is 3.73. The fourth-order valence-corrected chi connectivity index (χ4v) is 0. The molecule has 0 amide bonds. The molecule has 0 spiro atoms. The van der Waals surface area contributed by atoms with E-state index < -0.39 is 16.6 Å². The van der Waals surface area contributed by atoms with Crippen molar-refractivity contribution in [2.75, 3.05) is 0 Å². The maximum atomic E-state index is 8.74. The topological polar surface area (TPSA) is 195 Å². The van der Waals surface area contributed by atoms with Crippen molar-refractivity contribution in [2.24, 2.45) is 0 Å². The monoisotopic (exact) mass is 300 g/mol. The van der Waals surface area contributed by atoms with E-state index in [1.54, 1.807) is 0 Å². The van der Waals surface area contributed by atoms with Crippen molar-refractivity contribution in [3.63, 3.8) is 0 Å². The van der Waals surface area contributed by atoms with Crippen molar-refractivity contribution in [1.29, 1.82) is 0 Å². The summed E-state index contributed by atoms with van der Waals surface area (Å²) in [5.41, 5.74) is 0. The summed E-state index contributed by atoms with van der Waals surface area (Å²) < 4.78 is 31.6. The minimum absolute atomic E-state index is 0. The zero-order valence-electron chi connectivity index (χ0n) is 11.6. The van der Waals surface area contributed by atoms with Crippen molar-refractivity contribution in [3.05, 3.63) is 0 Å². The number of rotatable bonds is 0. The molecule has 0 aromatic heterocycles. The van der Waals surface area contributed by atoms with E-state index in [1.807, 2.05) is 0 Å². The van der Waals surface area contributed by atoms with Crippen molar-refractivity contribution >= 4 is 71.7 Å². The molecule has 0 saturated heterocycles. The van der Waals surface area contributed by atoms with Gasteiger partial charge in [0.25, 0.3) is 0 Å². The molecule has 0 aromatic carbocycles. The van der Waals surface area contributed by atoms with Crippen LogP contribution in [0.5, 0.6) is 0 Å². The first-order valence-corrected chi connectivity index (χ1v) is 2.75. The van der Waals surface area contributed by atoms with E-state index in [4.69, 9.17) is 32.5 Å². The fourth-order valence-electron chi connectivity index (χ4n) is 0. The van der Waals surface area contributed by atoms with E-state index in [0.29, 0.717) is 0 Å². The second kappa shape index (κ2) is 30.0. The Morgan fingerprint density at radius 3 is 1.07 bits per heavy atom. The Labute approximate surface area is 167 Å². The molecule has 0 atom stereocenters. The molecular weight excluding hydrogens is 285 g/mol. The molecule has 86 valence electrons. The molecule has 0 fully saturated rings. The maximum absolute atomic E-state index is 8.74. The zero-order chi connectivity index (χ0) is 8.08. The summed E-state index contributed by atoms with van der Waals surface area (Å²) in [5.74, 6) is 0. The summed E-state index contributed by atoms with van der Waals surface area (Å²) in [4.78, 5) is 8.56. The third kappa shape index (κ3) is 572. The van der Waals surface area contributed by atoms with Crippen LogP contribution in [0.15, 0.2) is 0 Å². The van der Waals surface area contributed by atoms with Gasteiger partial charge in [0.2, 0.25) is 0 Å². The molecule has 0 saturated carbocycles. The normalized spacial score (nSPS) is 5.47. The van der Waals surface area contributed by atoms with E-state index in [2.05, 4.69) is 0 Å². The van der Waals surface area contributed by atoms with E-state index in [1.165, 1.54) is 0 Å². The minimum Gasteiger partial charge on any atom is -1.00 e. The van der Waals surface area contributed by atoms with Gasteiger partial charge in [-0.15, -0.1) is 0 Å². The summed E-state index contributed by atoms with van der Waals surface area (Å²) in [6.45, 7) is 0. The van der Waals surface area contributed by atoms with E-state index in [9.17, 15) is 0 Å². The van der Waals surface area contributed by atoms with Gasteiger partial charge in [-0.3, -0.25) is 9.11 Å². The summed E-state index contributed by atoms with van der Waals surface area (Å²) in [6.07, 6.45) is -1.83. The van der Waals surface area contributed by atoms with Crippen molar-refractivity contribution in [1.82, 2.24) is 0 Å². The van der Waals surface area contributed by atoms with Crippen LogP contribution in [0.3, 0.4) is 0 Å². The molecule has 9 nitrogen and oxygen atoms in total. The third-order valence-electron chi connectivity index (χ3n) is 0. The largest absolute Gasteiger partial charge is 2.00 e. The number of hydrogen-bond acceptors (Lipinski definition) is 3. The van der Waals surface area contributed by atoms with Gasteiger partial charge in [-0.1, -0.05) is 0 Å². The van der Waals surface area contributed by atoms with Crippen molar-refractivity contribution < 1.29 is 97.6 Å². The first-order valence-electron chi connectivity index (χ1n) is 1.35. The molecule has 0 rings (SSSR count). The quantitative estimate of drug-likeness (QED) is 0.251. The van der Waals surface area contributed by atoms with Gasteiger partial charge in [-0.25, -0.2) is 4.79 Å². The van der Waals surface area contributed by atoms with Gasteiger partial charge in [0.05, 0.1) is 0 Å². The smallest absolute Gasteiger partial charge is 1.00 e. The molecule has 0 unspecified atom stereocenters. The molecule has 0 aliphatic rings.